The lowest BCUT2D eigenvalue weighted by Crippen LogP contribution is -2.25. The Bertz CT molecular complexity index is 1250. The molecule has 7 heteroatoms. The van der Waals surface area contributed by atoms with E-state index in [0.717, 1.165) is 6.42 Å². The highest BCUT2D eigenvalue weighted by molar-refractivity contribution is 6.30. The fraction of sp³-hybridized carbons (Fsp3) is 0.400. The molecule has 0 atom stereocenters. The van der Waals surface area contributed by atoms with Crippen LogP contribution in [0.25, 0.3) is 5.57 Å². The summed E-state index contributed by atoms with van der Waals surface area (Å²) in [4.78, 5) is 36.7. The molecule has 2 N–H and O–H groups in total. The van der Waals surface area contributed by atoms with Gasteiger partial charge in [-0.3, -0.25) is 9.59 Å². The monoisotopic (exact) mass is 597 g/mol. The molecule has 0 saturated carbocycles. The van der Waals surface area contributed by atoms with Gasteiger partial charge in [0.1, 0.15) is 5.60 Å². The lowest BCUT2D eigenvalue weighted by Gasteiger charge is -2.21. The molecule has 0 aliphatic rings. The van der Waals surface area contributed by atoms with Crippen LogP contribution in [0.5, 0.6) is 0 Å². The van der Waals surface area contributed by atoms with Gasteiger partial charge in [0, 0.05) is 10.6 Å². The first-order valence-corrected chi connectivity index (χ1v) is 14.5. The van der Waals surface area contributed by atoms with Gasteiger partial charge in [-0.2, -0.15) is 0 Å². The average Bonchev–Trinajstić information content (AvgIpc) is 2.93. The normalized spacial score (nSPS) is 11.5. The summed E-state index contributed by atoms with van der Waals surface area (Å²) < 4.78 is 10.3. The van der Waals surface area contributed by atoms with Crippen molar-refractivity contribution in [2.45, 2.75) is 86.7 Å². The number of aryl methyl sites for hydroxylation is 2. The maximum Gasteiger partial charge on any atom is 0.338 e. The summed E-state index contributed by atoms with van der Waals surface area (Å²) in [5.41, 5.74) is 8.60. The van der Waals surface area contributed by atoms with Gasteiger partial charge in [0.15, 0.2) is 0 Å². The molecule has 0 radical (unpaired) electrons. The van der Waals surface area contributed by atoms with E-state index in [1.807, 2.05) is 6.07 Å². The van der Waals surface area contributed by atoms with Gasteiger partial charge in [-0.25, -0.2) is 4.79 Å². The maximum atomic E-state index is 12.5. The molecule has 2 aromatic carbocycles. The van der Waals surface area contributed by atoms with E-state index in [2.05, 4.69) is 51.6 Å². The second-order valence-corrected chi connectivity index (χ2v) is 11.1. The zero-order valence-electron chi connectivity index (χ0n) is 26.7. The molecule has 0 aliphatic heterocycles. The number of rotatable bonds is 9. The van der Waals surface area contributed by atoms with Crippen molar-refractivity contribution >= 4 is 35.0 Å². The summed E-state index contributed by atoms with van der Waals surface area (Å²) in [6.07, 6.45) is 6.57. The van der Waals surface area contributed by atoms with Gasteiger partial charge in [0.25, 0.3) is 0 Å². The van der Waals surface area contributed by atoms with Gasteiger partial charge in [-0.15, -0.1) is 0 Å². The predicted molar refractivity (Wildman–Crippen MR) is 174 cm³/mol. The van der Waals surface area contributed by atoms with Gasteiger partial charge in [-0.05, 0) is 81.0 Å². The van der Waals surface area contributed by atoms with E-state index in [9.17, 15) is 14.4 Å². The van der Waals surface area contributed by atoms with Crippen LogP contribution in [-0.2, 0) is 31.9 Å². The van der Waals surface area contributed by atoms with E-state index < -0.39 is 23.4 Å². The number of amides is 1. The molecular formula is C35H48ClNO5. The minimum Gasteiger partial charge on any atom is -0.465 e. The van der Waals surface area contributed by atoms with E-state index in [1.54, 1.807) is 46.8 Å². The Kier molecular flexibility index (Phi) is 17.8. The second-order valence-electron chi connectivity index (χ2n) is 10.5. The standard InChI is InChI=1S/C23H28ClNO5.C8H10.C4H10/c1-8-16(22(28)29-7)19(10-14(3)24)18-9-13(2)17(21(25)27)11-15(18)12-20(26)30-23(4,5)6;1-2-8-6-4-3-5-7-8;1-3-4-2/h8-11H,1,12H2,2-7H3,(H2,25,27);3-7H,2H2,1H3;3-4H2,1-2H3/b14-10+,19-16-;;. The third kappa shape index (κ3) is 14.3. The number of methoxy groups -OCH3 is 1. The van der Waals surface area contributed by atoms with Crippen molar-refractivity contribution in [1.29, 1.82) is 0 Å². The third-order valence-electron chi connectivity index (χ3n) is 5.75. The van der Waals surface area contributed by atoms with Crippen molar-refractivity contribution in [3.8, 4) is 0 Å². The molecule has 0 saturated heterocycles. The van der Waals surface area contributed by atoms with Crippen LogP contribution < -0.4 is 5.73 Å². The fourth-order valence-corrected chi connectivity index (χ4v) is 3.68. The average molecular weight is 598 g/mol. The Hall–Kier alpha value is -3.64. The first-order chi connectivity index (χ1) is 19.6. The molecule has 0 aromatic heterocycles. The zero-order valence-corrected chi connectivity index (χ0v) is 27.5. The predicted octanol–water partition coefficient (Wildman–Crippen LogP) is 8.29. The van der Waals surface area contributed by atoms with Gasteiger partial charge < -0.3 is 15.2 Å². The lowest BCUT2D eigenvalue weighted by molar-refractivity contribution is -0.153. The van der Waals surface area contributed by atoms with Gasteiger partial charge in [0.05, 0.1) is 19.1 Å². The summed E-state index contributed by atoms with van der Waals surface area (Å²) in [7, 11) is 1.25. The maximum absolute atomic E-state index is 12.5. The van der Waals surface area contributed by atoms with Crippen molar-refractivity contribution < 1.29 is 23.9 Å². The third-order valence-corrected chi connectivity index (χ3v) is 5.86. The van der Waals surface area contributed by atoms with E-state index in [0.29, 0.717) is 27.3 Å². The molecule has 0 aliphatic carbocycles. The fourth-order valence-electron chi connectivity index (χ4n) is 3.57. The number of benzene rings is 2. The van der Waals surface area contributed by atoms with E-state index in [4.69, 9.17) is 26.8 Å². The Balaban J connectivity index is 0.00000115. The van der Waals surface area contributed by atoms with Crippen LogP contribution in [0.4, 0.5) is 0 Å². The van der Waals surface area contributed by atoms with Crippen LogP contribution in [0.1, 0.15) is 93.9 Å². The second kappa shape index (κ2) is 19.5. The number of hydrogen-bond acceptors (Lipinski definition) is 5. The number of halogens is 1. The molecule has 42 heavy (non-hydrogen) atoms. The number of nitrogens with two attached hydrogens (primary N) is 1. The lowest BCUT2D eigenvalue weighted by atomic mass is 9.89. The summed E-state index contributed by atoms with van der Waals surface area (Å²) in [6, 6.07) is 13.7. The van der Waals surface area contributed by atoms with Crippen LogP contribution in [0, 0.1) is 6.92 Å². The summed E-state index contributed by atoms with van der Waals surface area (Å²) in [5, 5.41) is 0.396. The smallest absolute Gasteiger partial charge is 0.338 e. The first-order valence-electron chi connectivity index (χ1n) is 14.1. The van der Waals surface area contributed by atoms with Gasteiger partial charge in [0.2, 0.25) is 5.91 Å². The molecule has 0 bridgehead atoms. The number of allylic oxidation sites excluding steroid dienone is 3. The number of carbonyl (C=O) groups excluding carboxylic acids is 3. The first kappa shape index (κ1) is 38.4. The molecule has 1 amide bonds. The highest BCUT2D eigenvalue weighted by Crippen LogP contribution is 2.30. The van der Waals surface area contributed by atoms with Crippen molar-refractivity contribution in [3.05, 3.63) is 99.6 Å². The molecule has 2 rings (SSSR count). The largest absolute Gasteiger partial charge is 0.465 e. The Morgan fingerprint density at radius 1 is 1.00 bits per heavy atom. The number of carbonyl (C=O) groups is 3. The highest BCUT2D eigenvalue weighted by atomic mass is 35.5. The molecule has 0 spiro atoms. The molecule has 2 aromatic rings. The molecule has 0 heterocycles. The number of esters is 2. The van der Waals surface area contributed by atoms with E-state index in [1.165, 1.54) is 37.7 Å². The molecular weight excluding hydrogens is 550 g/mol. The Labute approximate surface area is 257 Å². The number of ether oxygens (including phenoxy) is 2. The van der Waals surface area contributed by atoms with Crippen LogP contribution >= 0.6 is 11.6 Å². The van der Waals surface area contributed by atoms with Crippen LogP contribution in [0.3, 0.4) is 0 Å². The molecule has 230 valence electrons. The SMILES string of the molecule is C=C/C(C(=O)OC)=C(\C=C(/C)Cl)c1cc(C)c(C(N)=O)cc1CC(=O)OC(C)(C)C.CCCC.CCc1ccccc1. The quantitative estimate of drug-likeness (QED) is 0.178. The van der Waals surface area contributed by atoms with Crippen LogP contribution in [-0.4, -0.2) is 30.6 Å². The summed E-state index contributed by atoms with van der Waals surface area (Å²) >= 11 is 6.11. The molecule has 0 fully saturated rings. The number of primary amides is 1. The summed E-state index contributed by atoms with van der Waals surface area (Å²) in [5.74, 6) is -1.74. The number of unbranched alkanes of at least 4 members (excludes halogenated alkanes) is 1. The Morgan fingerprint density at radius 3 is 1.95 bits per heavy atom. The molecule has 6 nitrogen and oxygen atoms in total. The minimum absolute atomic E-state index is 0.141. The molecule has 0 unspecified atom stereocenters. The zero-order chi connectivity index (χ0) is 32.5. The van der Waals surface area contributed by atoms with Crippen LogP contribution in [0.15, 0.2) is 71.8 Å². The topological polar surface area (TPSA) is 95.7 Å². The number of hydrogen-bond donors (Lipinski definition) is 1. The van der Waals surface area contributed by atoms with Crippen molar-refractivity contribution in [2.75, 3.05) is 7.11 Å². The van der Waals surface area contributed by atoms with E-state index >= 15 is 0 Å². The van der Waals surface area contributed by atoms with Crippen molar-refractivity contribution in [1.82, 2.24) is 0 Å². The summed E-state index contributed by atoms with van der Waals surface area (Å²) in [6.45, 7) is 18.9. The van der Waals surface area contributed by atoms with Crippen LogP contribution in [0.2, 0.25) is 0 Å². The van der Waals surface area contributed by atoms with Gasteiger partial charge >= 0.3 is 11.9 Å². The van der Waals surface area contributed by atoms with Gasteiger partial charge in [-0.1, -0.05) is 94.3 Å². The van der Waals surface area contributed by atoms with Crippen molar-refractivity contribution in [2.24, 2.45) is 5.73 Å². The minimum atomic E-state index is -0.682. The van der Waals surface area contributed by atoms with E-state index in [-0.39, 0.29) is 17.6 Å². The highest BCUT2D eigenvalue weighted by Gasteiger charge is 2.23. The Morgan fingerprint density at radius 2 is 1.57 bits per heavy atom. The van der Waals surface area contributed by atoms with Crippen molar-refractivity contribution in [3.63, 3.8) is 0 Å².